The molecule has 0 saturated heterocycles. The lowest BCUT2D eigenvalue weighted by molar-refractivity contribution is 0.0601. The zero-order valence-corrected chi connectivity index (χ0v) is 8.17. The van der Waals surface area contributed by atoms with E-state index in [1.54, 1.807) is 6.07 Å². The second-order valence-corrected chi connectivity index (χ2v) is 3.08. The van der Waals surface area contributed by atoms with Crippen molar-refractivity contribution in [3.8, 4) is 0 Å². The van der Waals surface area contributed by atoms with Gasteiger partial charge in [-0.2, -0.15) is 0 Å². The second kappa shape index (κ2) is 4.73. The molecule has 1 unspecified atom stereocenters. The lowest BCUT2D eigenvalue weighted by atomic mass is 10.2. The molecule has 1 rings (SSSR count). The fraction of sp³-hybridized carbons (Fsp3) is 0.125. The molecule has 0 saturated carbocycles. The summed E-state index contributed by atoms with van der Waals surface area (Å²) in [6.45, 7) is 0. The zero-order chi connectivity index (χ0) is 10.6. The Bertz CT molecular complexity index is 366. The van der Waals surface area contributed by atoms with Gasteiger partial charge in [0.05, 0.1) is 12.7 Å². The lowest BCUT2D eigenvalue weighted by Gasteiger charge is -2.08. The summed E-state index contributed by atoms with van der Waals surface area (Å²) in [6.07, 6.45) is 0. The van der Waals surface area contributed by atoms with Crippen molar-refractivity contribution in [2.45, 2.75) is 0 Å². The second-order valence-electron chi connectivity index (χ2n) is 2.41. The van der Waals surface area contributed by atoms with Crippen molar-refractivity contribution < 1.29 is 18.3 Å². The molecule has 0 aromatic heterocycles. The Morgan fingerprint density at radius 1 is 1.57 bits per heavy atom. The first kappa shape index (κ1) is 10.7. The van der Waals surface area contributed by atoms with Gasteiger partial charge in [0.15, 0.2) is 0 Å². The maximum Gasteiger partial charge on any atom is 0.337 e. The minimum atomic E-state index is -2.39. The number of methoxy groups -OCH3 is 1. The molecule has 1 aromatic rings. The molecule has 0 heterocycles. The van der Waals surface area contributed by atoms with Gasteiger partial charge >= 0.3 is 5.97 Å². The van der Waals surface area contributed by atoms with E-state index in [0.717, 1.165) is 0 Å². The standard InChI is InChI=1S/C8H9NO4S/c1-13-8(10)6-3-2-4-7(5-6)9-14(11)12/h2-5,9H,1H3,(H,11,12)/p-1. The number of hydrogen-bond acceptors (Lipinski definition) is 4. The predicted molar refractivity (Wildman–Crippen MR) is 50.3 cm³/mol. The highest BCUT2D eigenvalue weighted by Crippen LogP contribution is 2.11. The summed E-state index contributed by atoms with van der Waals surface area (Å²) in [7, 11) is 1.26. The summed E-state index contributed by atoms with van der Waals surface area (Å²) in [5.74, 6) is -0.509. The summed E-state index contributed by atoms with van der Waals surface area (Å²) in [5, 5.41) is 0. The van der Waals surface area contributed by atoms with Crippen LogP contribution < -0.4 is 4.72 Å². The van der Waals surface area contributed by atoms with Crippen LogP contribution in [-0.4, -0.2) is 21.8 Å². The SMILES string of the molecule is COC(=O)c1cccc(NS(=O)[O-])c1. The number of ether oxygens (including phenoxy) is 1. The summed E-state index contributed by atoms with van der Waals surface area (Å²) in [4.78, 5) is 11.0. The maximum atomic E-state index is 11.0. The molecule has 1 atom stereocenters. The van der Waals surface area contributed by atoms with Crippen molar-refractivity contribution in [3.05, 3.63) is 29.8 Å². The van der Waals surface area contributed by atoms with Gasteiger partial charge in [-0.1, -0.05) is 6.07 Å². The Hall–Kier alpha value is -1.40. The minimum Gasteiger partial charge on any atom is -0.755 e. The molecule has 0 radical (unpaired) electrons. The number of carbonyl (C=O) groups excluding carboxylic acids is 1. The highest BCUT2D eigenvalue weighted by atomic mass is 32.2. The molecule has 0 aliphatic heterocycles. The third-order valence-corrected chi connectivity index (χ3v) is 1.89. The van der Waals surface area contributed by atoms with Gasteiger partial charge in [-0.05, 0) is 18.2 Å². The summed E-state index contributed by atoms with van der Waals surface area (Å²) in [6, 6.07) is 6.01. The number of carbonyl (C=O) groups is 1. The largest absolute Gasteiger partial charge is 0.755 e. The van der Waals surface area contributed by atoms with Crippen molar-refractivity contribution >= 4 is 22.9 Å². The monoisotopic (exact) mass is 214 g/mol. The molecular weight excluding hydrogens is 206 g/mol. The third kappa shape index (κ3) is 2.82. The molecule has 76 valence electrons. The summed E-state index contributed by atoms with van der Waals surface area (Å²) >= 11 is -2.39. The number of nitrogens with one attached hydrogen (secondary N) is 1. The Morgan fingerprint density at radius 2 is 2.29 bits per heavy atom. The lowest BCUT2D eigenvalue weighted by Crippen LogP contribution is -2.05. The van der Waals surface area contributed by atoms with Crippen LogP contribution in [0, 0.1) is 0 Å². The van der Waals surface area contributed by atoms with Crippen molar-refractivity contribution in [1.82, 2.24) is 0 Å². The van der Waals surface area contributed by atoms with Gasteiger partial charge in [0.25, 0.3) is 0 Å². The van der Waals surface area contributed by atoms with E-state index in [0.29, 0.717) is 11.3 Å². The fourth-order valence-electron chi connectivity index (χ4n) is 0.924. The Labute approximate surface area is 83.5 Å². The van der Waals surface area contributed by atoms with Gasteiger partial charge < -0.3 is 14.0 Å². The molecule has 5 nitrogen and oxygen atoms in total. The average molecular weight is 214 g/mol. The number of benzene rings is 1. The van der Waals surface area contributed by atoms with Crippen LogP contribution >= 0.6 is 0 Å². The van der Waals surface area contributed by atoms with Crippen molar-refractivity contribution in [2.75, 3.05) is 11.8 Å². The fourth-order valence-corrected chi connectivity index (χ4v) is 1.24. The first-order valence-electron chi connectivity index (χ1n) is 3.68. The van der Waals surface area contributed by atoms with Crippen LogP contribution in [0.4, 0.5) is 5.69 Å². The minimum absolute atomic E-state index is 0.294. The maximum absolute atomic E-state index is 11.0. The Kier molecular flexibility index (Phi) is 3.61. The molecule has 0 amide bonds. The molecule has 14 heavy (non-hydrogen) atoms. The molecule has 6 heteroatoms. The van der Waals surface area contributed by atoms with Crippen LogP contribution in [0.15, 0.2) is 24.3 Å². The number of esters is 1. The summed E-state index contributed by atoms with van der Waals surface area (Å²) < 4.78 is 27.2. The van der Waals surface area contributed by atoms with Gasteiger partial charge in [0.1, 0.15) is 0 Å². The van der Waals surface area contributed by atoms with Crippen LogP contribution in [0.1, 0.15) is 10.4 Å². The van der Waals surface area contributed by atoms with Crippen LogP contribution in [0.2, 0.25) is 0 Å². The molecule has 0 spiro atoms. The van der Waals surface area contributed by atoms with Gasteiger partial charge in [-0.15, -0.1) is 0 Å². The third-order valence-electron chi connectivity index (χ3n) is 1.48. The van der Waals surface area contributed by atoms with Crippen molar-refractivity contribution in [2.24, 2.45) is 0 Å². The zero-order valence-electron chi connectivity index (χ0n) is 7.35. The van der Waals surface area contributed by atoms with E-state index < -0.39 is 17.2 Å². The summed E-state index contributed by atoms with van der Waals surface area (Å²) in [5.41, 5.74) is 0.615. The van der Waals surface area contributed by atoms with Crippen LogP contribution in [0.3, 0.4) is 0 Å². The van der Waals surface area contributed by atoms with E-state index in [9.17, 15) is 13.6 Å². The highest BCUT2D eigenvalue weighted by Gasteiger charge is 2.04. The predicted octanol–water partition coefficient (Wildman–Crippen LogP) is 0.679. The smallest absolute Gasteiger partial charge is 0.337 e. The van der Waals surface area contributed by atoms with Crippen molar-refractivity contribution in [3.63, 3.8) is 0 Å². The normalized spacial score (nSPS) is 11.9. The Morgan fingerprint density at radius 3 is 2.86 bits per heavy atom. The van der Waals surface area contributed by atoms with Crippen LogP contribution in [-0.2, 0) is 16.0 Å². The molecular formula is C8H8NO4S-. The van der Waals surface area contributed by atoms with Crippen LogP contribution in [0.5, 0.6) is 0 Å². The first-order chi connectivity index (χ1) is 6.63. The van der Waals surface area contributed by atoms with E-state index in [1.165, 1.54) is 25.3 Å². The average Bonchev–Trinajstić information content (AvgIpc) is 2.16. The van der Waals surface area contributed by atoms with E-state index in [-0.39, 0.29) is 0 Å². The molecule has 0 aliphatic rings. The van der Waals surface area contributed by atoms with E-state index in [1.807, 2.05) is 0 Å². The van der Waals surface area contributed by atoms with E-state index in [2.05, 4.69) is 9.46 Å². The van der Waals surface area contributed by atoms with Crippen molar-refractivity contribution in [1.29, 1.82) is 0 Å². The Balaban J connectivity index is 2.89. The molecule has 1 aromatic carbocycles. The number of anilines is 1. The molecule has 1 N–H and O–H groups in total. The molecule has 0 bridgehead atoms. The van der Waals surface area contributed by atoms with Crippen LogP contribution in [0.25, 0.3) is 0 Å². The molecule has 0 aliphatic carbocycles. The molecule has 0 fully saturated rings. The van der Waals surface area contributed by atoms with Gasteiger partial charge in [0, 0.05) is 17.0 Å². The van der Waals surface area contributed by atoms with Gasteiger partial charge in [-0.25, -0.2) is 4.79 Å². The van der Waals surface area contributed by atoms with E-state index in [4.69, 9.17) is 0 Å². The van der Waals surface area contributed by atoms with Gasteiger partial charge in [-0.3, -0.25) is 4.21 Å². The number of rotatable bonds is 3. The highest BCUT2D eigenvalue weighted by molar-refractivity contribution is 7.80. The number of hydrogen-bond donors (Lipinski definition) is 1. The van der Waals surface area contributed by atoms with E-state index >= 15 is 0 Å². The first-order valence-corrected chi connectivity index (χ1v) is 4.75. The van der Waals surface area contributed by atoms with Gasteiger partial charge in [0.2, 0.25) is 0 Å². The topological polar surface area (TPSA) is 78.5 Å². The quantitative estimate of drug-likeness (QED) is 0.592.